The second-order valence-corrected chi connectivity index (χ2v) is 10.1. The molecule has 0 saturated carbocycles. The van der Waals surface area contributed by atoms with E-state index in [0.717, 1.165) is 5.56 Å². The number of para-hydroxylation sites is 1. The highest BCUT2D eigenvalue weighted by molar-refractivity contribution is 6.12. The van der Waals surface area contributed by atoms with Gasteiger partial charge in [0, 0.05) is 34.8 Å². The highest BCUT2D eigenvalue weighted by atomic mass is 19.1. The van der Waals surface area contributed by atoms with Crippen molar-refractivity contribution in [2.24, 2.45) is 5.92 Å². The zero-order chi connectivity index (χ0) is 30.1. The van der Waals surface area contributed by atoms with Gasteiger partial charge in [0.2, 0.25) is 5.91 Å². The average Bonchev–Trinajstić information content (AvgIpc) is 2.99. The number of hydrogen-bond acceptors (Lipinski definition) is 5. The van der Waals surface area contributed by atoms with Crippen molar-refractivity contribution in [1.82, 2.24) is 0 Å². The average molecular weight is 569 g/mol. The molecule has 4 aromatic carbocycles. The van der Waals surface area contributed by atoms with E-state index in [4.69, 9.17) is 4.74 Å². The smallest absolute Gasteiger partial charge is 0.326 e. The van der Waals surface area contributed by atoms with Crippen LogP contribution in [0.2, 0.25) is 0 Å². The highest BCUT2D eigenvalue weighted by Crippen LogP contribution is 2.23. The Labute approximate surface area is 244 Å². The summed E-state index contributed by atoms with van der Waals surface area (Å²) in [5, 5.41) is 13.0. The predicted molar refractivity (Wildman–Crippen MR) is 161 cm³/mol. The Morgan fingerprint density at radius 3 is 2.24 bits per heavy atom. The number of hydrogen-bond donors (Lipinski definition) is 2. The van der Waals surface area contributed by atoms with Crippen molar-refractivity contribution in [2.45, 2.75) is 26.3 Å². The minimum absolute atomic E-state index is 0.140. The number of anilines is 2. The molecule has 216 valence electrons. The molecule has 0 saturated heterocycles. The molecule has 0 aliphatic rings. The lowest BCUT2D eigenvalue weighted by Crippen LogP contribution is -2.37. The second-order valence-electron chi connectivity index (χ2n) is 10.1. The molecule has 42 heavy (non-hydrogen) atoms. The largest absolute Gasteiger partial charge is 0.492 e. The first-order valence-electron chi connectivity index (χ1n) is 13.7. The third kappa shape index (κ3) is 7.81. The number of aliphatic carboxylic acids is 1. The van der Waals surface area contributed by atoms with Crippen LogP contribution in [0, 0.1) is 11.7 Å². The van der Waals surface area contributed by atoms with Gasteiger partial charge in [-0.3, -0.25) is 9.59 Å². The number of ketones is 1. The van der Waals surface area contributed by atoms with Crippen molar-refractivity contribution < 1.29 is 28.6 Å². The number of benzene rings is 4. The second kappa shape index (κ2) is 14.1. The van der Waals surface area contributed by atoms with Crippen molar-refractivity contribution in [3.8, 4) is 5.75 Å². The lowest BCUT2D eigenvalue weighted by Gasteiger charge is -2.25. The Bertz CT molecular complexity index is 1520. The predicted octanol–water partition coefficient (Wildman–Crippen LogP) is 6.23. The van der Waals surface area contributed by atoms with E-state index >= 15 is 0 Å². The van der Waals surface area contributed by atoms with Crippen LogP contribution < -0.4 is 15.0 Å². The summed E-state index contributed by atoms with van der Waals surface area (Å²) in [4.78, 5) is 39.5. The Morgan fingerprint density at radius 2 is 1.57 bits per heavy atom. The minimum Gasteiger partial charge on any atom is -0.492 e. The number of carboxylic acid groups (broad SMARTS) is 1. The first kappa shape index (κ1) is 30.0. The molecular weight excluding hydrogens is 535 g/mol. The zero-order valence-electron chi connectivity index (χ0n) is 23.5. The number of carboxylic acids is 1. The van der Waals surface area contributed by atoms with Crippen molar-refractivity contribution in [1.29, 1.82) is 0 Å². The summed E-state index contributed by atoms with van der Waals surface area (Å²) < 4.78 is 19.6. The lowest BCUT2D eigenvalue weighted by molar-refractivity contribution is -0.137. The van der Waals surface area contributed by atoms with E-state index in [9.17, 15) is 23.9 Å². The molecule has 4 rings (SSSR count). The normalized spacial score (nSPS) is 11.5. The van der Waals surface area contributed by atoms with Crippen LogP contribution in [-0.4, -0.2) is 42.0 Å². The molecule has 4 aromatic rings. The monoisotopic (exact) mass is 568 g/mol. The summed E-state index contributed by atoms with van der Waals surface area (Å²) in [6.45, 7) is 3.98. The topological polar surface area (TPSA) is 95.9 Å². The summed E-state index contributed by atoms with van der Waals surface area (Å²) in [5.41, 5.74) is 2.57. The van der Waals surface area contributed by atoms with Gasteiger partial charge in [0.05, 0.1) is 6.54 Å². The van der Waals surface area contributed by atoms with Crippen LogP contribution in [0.25, 0.3) is 0 Å². The van der Waals surface area contributed by atoms with E-state index in [0.29, 0.717) is 28.3 Å². The van der Waals surface area contributed by atoms with Gasteiger partial charge in [0.25, 0.3) is 0 Å². The molecule has 0 radical (unpaired) electrons. The maximum Gasteiger partial charge on any atom is 0.326 e. The van der Waals surface area contributed by atoms with E-state index in [-0.39, 0.29) is 37.2 Å². The molecule has 0 aliphatic carbocycles. The summed E-state index contributed by atoms with van der Waals surface area (Å²) in [6.07, 6.45) is 0.166. The van der Waals surface area contributed by atoms with Gasteiger partial charge in [-0.1, -0.05) is 74.5 Å². The summed E-state index contributed by atoms with van der Waals surface area (Å²) >= 11 is 0. The molecule has 1 amide bonds. The molecular formula is C34H33FN2O5. The third-order valence-corrected chi connectivity index (χ3v) is 6.66. The van der Waals surface area contributed by atoms with Gasteiger partial charge in [-0.2, -0.15) is 0 Å². The molecule has 7 nitrogen and oxygen atoms in total. The molecule has 0 aromatic heterocycles. The fourth-order valence-electron chi connectivity index (χ4n) is 4.47. The maximum atomic E-state index is 13.8. The summed E-state index contributed by atoms with van der Waals surface area (Å²) in [7, 11) is 0. The first-order chi connectivity index (χ1) is 20.2. The molecule has 0 bridgehead atoms. The van der Waals surface area contributed by atoms with Gasteiger partial charge in [0.1, 0.15) is 24.2 Å². The van der Waals surface area contributed by atoms with Crippen LogP contribution in [0.5, 0.6) is 5.75 Å². The van der Waals surface area contributed by atoms with Crippen LogP contribution >= 0.6 is 0 Å². The van der Waals surface area contributed by atoms with E-state index in [1.165, 1.54) is 17.0 Å². The number of nitrogens with zero attached hydrogens (tertiary/aromatic N) is 1. The van der Waals surface area contributed by atoms with Gasteiger partial charge < -0.3 is 20.1 Å². The third-order valence-electron chi connectivity index (χ3n) is 6.66. The van der Waals surface area contributed by atoms with Crippen LogP contribution in [0.1, 0.15) is 35.3 Å². The molecule has 0 heterocycles. The van der Waals surface area contributed by atoms with Crippen molar-refractivity contribution in [2.75, 3.05) is 23.4 Å². The van der Waals surface area contributed by atoms with Crippen molar-refractivity contribution in [3.63, 3.8) is 0 Å². The van der Waals surface area contributed by atoms with Crippen LogP contribution in [0.15, 0.2) is 103 Å². The van der Waals surface area contributed by atoms with Crippen LogP contribution in [-0.2, 0) is 16.0 Å². The fourth-order valence-corrected chi connectivity index (χ4v) is 4.47. The fraction of sp³-hybridized carbons (Fsp3) is 0.206. The number of carbonyl (C=O) groups is 3. The van der Waals surface area contributed by atoms with Gasteiger partial charge in [-0.05, 0) is 48.0 Å². The number of nitrogens with one attached hydrogen (secondary N) is 1. The van der Waals surface area contributed by atoms with E-state index < -0.39 is 17.8 Å². The standard InChI is InChI=1S/C34H33FN2O5/c1-23(2)33(39)37(27-12-8-11-26(35)22-27)19-20-42-28-17-15-24(16-18-28)21-31(34(40)41)36-30-14-7-6-13-29(30)32(38)25-9-4-3-5-10-25/h3-18,22-23,31,36H,19-21H2,1-2H3,(H,40,41)/t31-/m0/s1. The molecule has 0 fully saturated rings. The number of carbonyl (C=O) groups excluding carboxylic acids is 2. The number of ether oxygens (including phenoxy) is 1. The van der Waals surface area contributed by atoms with Gasteiger partial charge >= 0.3 is 5.97 Å². The Kier molecular flexibility index (Phi) is 10.1. The highest BCUT2D eigenvalue weighted by Gasteiger charge is 2.22. The lowest BCUT2D eigenvalue weighted by atomic mass is 10.00. The first-order valence-corrected chi connectivity index (χ1v) is 13.7. The van der Waals surface area contributed by atoms with Gasteiger partial charge in [0.15, 0.2) is 5.78 Å². The van der Waals surface area contributed by atoms with Crippen LogP contribution in [0.3, 0.4) is 0 Å². The molecule has 0 spiro atoms. The van der Waals surface area contributed by atoms with Crippen molar-refractivity contribution >= 4 is 29.0 Å². The van der Waals surface area contributed by atoms with Crippen molar-refractivity contribution in [3.05, 3.63) is 126 Å². The Morgan fingerprint density at radius 1 is 0.881 bits per heavy atom. The number of amides is 1. The number of halogens is 1. The minimum atomic E-state index is -1.05. The molecule has 1 atom stereocenters. The van der Waals surface area contributed by atoms with E-state index in [2.05, 4.69) is 5.32 Å². The quantitative estimate of drug-likeness (QED) is 0.186. The SMILES string of the molecule is CC(C)C(=O)N(CCOc1ccc(C[C@H](Nc2ccccc2C(=O)c2ccccc2)C(=O)O)cc1)c1cccc(F)c1. The van der Waals surface area contributed by atoms with Gasteiger partial charge in [-0.25, -0.2) is 9.18 Å². The maximum absolute atomic E-state index is 13.8. The number of rotatable bonds is 13. The molecule has 8 heteroatoms. The molecule has 0 aliphatic heterocycles. The molecule has 0 unspecified atom stereocenters. The summed E-state index contributed by atoms with van der Waals surface area (Å²) in [5.74, 6) is -1.54. The Hall–Kier alpha value is -4.98. The van der Waals surface area contributed by atoms with E-state index in [1.807, 2.05) is 6.07 Å². The van der Waals surface area contributed by atoms with Gasteiger partial charge in [-0.15, -0.1) is 0 Å². The Balaban J connectivity index is 1.39. The van der Waals surface area contributed by atoms with E-state index in [1.54, 1.807) is 98.8 Å². The summed E-state index contributed by atoms with van der Waals surface area (Å²) in [6, 6.07) is 27.6. The molecule has 2 N–H and O–H groups in total. The zero-order valence-corrected chi connectivity index (χ0v) is 23.5. The van der Waals surface area contributed by atoms with Crippen LogP contribution in [0.4, 0.5) is 15.8 Å².